The average molecular weight is 1080 g/mol. The highest BCUT2D eigenvalue weighted by molar-refractivity contribution is 6.04. The van der Waals surface area contributed by atoms with E-state index in [-0.39, 0.29) is 45.2 Å². The molecule has 2 atom stereocenters. The summed E-state index contributed by atoms with van der Waals surface area (Å²) in [5.41, 5.74) is -3.68. The quantitative estimate of drug-likeness (QED) is 0.0222. The number of fused-ring (bicyclic) bond motifs is 1. The van der Waals surface area contributed by atoms with E-state index in [1.807, 2.05) is 51.1 Å². The van der Waals surface area contributed by atoms with Crippen molar-refractivity contribution in [3.05, 3.63) is 108 Å². The summed E-state index contributed by atoms with van der Waals surface area (Å²) in [6.45, 7) is 10.8. The van der Waals surface area contributed by atoms with Gasteiger partial charge < -0.3 is 52.8 Å². The van der Waals surface area contributed by atoms with Crippen LogP contribution in [-0.2, 0) is 52.3 Å². The van der Waals surface area contributed by atoms with Crippen molar-refractivity contribution in [2.24, 2.45) is 5.41 Å². The van der Waals surface area contributed by atoms with Crippen LogP contribution in [-0.4, -0.2) is 117 Å². The number of rotatable bonds is 29. The average Bonchev–Trinajstić information content (AvgIpc) is 3.43. The molecule has 0 fully saturated rings. The topological polar surface area (TPSA) is 243 Å². The zero-order chi connectivity index (χ0) is 57.3. The molecule has 0 spiro atoms. The van der Waals surface area contributed by atoms with Gasteiger partial charge in [0, 0.05) is 5.71 Å². The smallest absolute Gasteiger partial charge is 0.352 e. The third kappa shape index (κ3) is 23.9. The molecule has 4 aromatic rings. The molecule has 0 saturated carbocycles. The van der Waals surface area contributed by atoms with E-state index in [1.165, 1.54) is 21.1 Å². The van der Waals surface area contributed by atoms with E-state index in [2.05, 4.69) is 11.7 Å². The van der Waals surface area contributed by atoms with E-state index < -0.39 is 64.8 Å². The lowest BCUT2D eigenvalue weighted by molar-refractivity contribution is -0.170. The number of hydrogen-bond donors (Lipinski definition) is 2. The fourth-order valence-electron chi connectivity index (χ4n) is 6.70. The standard InChI is InChI=1S/C33H32O8.C15H28O5.C11H16O5.4H2/c1-4-33(20-39-30(34)24-12-16-26(37-2)17-13-24,21-40-31(35)25-14-18-27(38-3)19-15-25)22-41-32(36)29-11-7-9-23-8-5-6-10-28(23)29;1-4-6-8-10-19-13(16)12-15(3,18)14(17)20-11-9-7-5-2;1-4-6-7-16-9(12)8-11(3,14)10(13)15-5-2;;;;/h5-19H,4,20-22H2,1-3H3;18H,4-12H2,1-3H3;2,14H,4,6-8H2,1,3H3;4*1H. The molecular weight excluding hydrogens is 997 g/mol. The number of hydrogen-bond acceptors (Lipinski definition) is 18. The van der Waals surface area contributed by atoms with Crippen LogP contribution in [0.25, 0.3) is 10.8 Å². The fraction of sp³-hybridized carbons (Fsp3) is 0.475. The van der Waals surface area contributed by atoms with Crippen LogP contribution < -0.4 is 9.47 Å². The number of carbonyl (C=O) groups is 7. The van der Waals surface area contributed by atoms with Gasteiger partial charge >= 0.3 is 41.8 Å². The highest BCUT2D eigenvalue weighted by Crippen LogP contribution is 2.28. The summed E-state index contributed by atoms with van der Waals surface area (Å²) in [7, 11) is 3.07. The van der Waals surface area contributed by atoms with Crippen molar-refractivity contribution in [1.82, 2.24) is 0 Å². The molecular formula is C59H84O18. The summed E-state index contributed by atoms with van der Waals surface area (Å²) < 4.78 is 46.3. The molecule has 18 nitrogen and oxygen atoms in total. The van der Waals surface area contributed by atoms with Crippen LogP contribution in [0.5, 0.6) is 11.5 Å². The van der Waals surface area contributed by atoms with E-state index in [0.29, 0.717) is 41.2 Å². The Morgan fingerprint density at radius 3 is 1.40 bits per heavy atom. The molecule has 4 aromatic carbocycles. The van der Waals surface area contributed by atoms with E-state index in [4.69, 9.17) is 44.3 Å². The van der Waals surface area contributed by atoms with E-state index >= 15 is 0 Å². The number of methoxy groups -OCH3 is 2. The third-order valence-corrected chi connectivity index (χ3v) is 11.7. The second kappa shape index (κ2) is 35.0. The number of benzene rings is 4. The second-order valence-corrected chi connectivity index (χ2v) is 18.3. The number of aliphatic hydroxyl groups is 2. The lowest BCUT2D eigenvalue weighted by Crippen LogP contribution is -2.39. The molecule has 0 aliphatic heterocycles. The molecule has 0 bridgehead atoms. The molecule has 0 aliphatic rings. The summed E-state index contributed by atoms with van der Waals surface area (Å²) in [4.78, 5) is 84.4. The third-order valence-electron chi connectivity index (χ3n) is 11.7. The van der Waals surface area contributed by atoms with Crippen molar-refractivity contribution < 1.29 is 92.1 Å². The largest absolute Gasteiger partial charge is 0.497 e. The van der Waals surface area contributed by atoms with E-state index in [0.717, 1.165) is 69.1 Å². The fourth-order valence-corrected chi connectivity index (χ4v) is 6.70. The Morgan fingerprint density at radius 2 is 0.948 bits per heavy atom. The number of terminal acetylenes is 1. The molecule has 0 radical (unpaired) electrons. The van der Waals surface area contributed by atoms with Gasteiger partial charge in [0.2, 0.25) is 0 Å². The van der Waals surface area contributed by atoms with Crippen LogP contribution in [0, 0.1) is 17.9 Å². The molecule has 0 aliphatic carbocycles. The van der Waals surface area contributed by atoms with Gasteiger partial charge in [-0.25, -0.2) is 24.0 Å². The van der Waals surface area contributed by atoms with Gasteiger partial charge in [0.15, 0.2) is 11.2 Å². The molecule has 0 heterocycles. The number of esters is 7. The first kappa shape index (κ1) is 65.6. The van der Waals surface area contributed by atoms with Gasteiger partial charge in [0.25, 0.3) is 0 Å². The van der Waals surface area contributed by atoms with Crippen molar-refractivity contribution in [2.45, 2.75) is 123 Å². The number of unbranched alkanes of at least 4 members (excludes halogenated alkanes) is 5. The Labute approximate surface area is 457 Å². The van der Waals surface area contributed by atoms with Crippen molar-refractivity contribution in [1.29, 1.82) is 0 Å². The van der Waals surface area contributed by atoms with Crippen LogP contribution in [0.15, 0.2) is 91.0 Å². The minimum absolute atomic E-state index is 0. The van der Waals surface area contributed by atoms with Crippen LogP contribution in [0.4, 0.5) is 0 Å². The maximum absolute atomic E-state index is 13.2. The van der Waals surface area contributed by atoms with Gasteiger partial charge in [-0.3, -0.25) is 9.59 Å². The molecule has 2 N–H and O–H groups in total. The van der Waals surface area contributed by atoms with Crippen molar-refractivity contribution in [3.63, 3.8) is 0 Å². The highest BCUT2D eigenvalue weighted by atomic mass is 16.6. The SMILES string of the molecule is C#COC(=O)C(C)(O)CC(=O)OCCCC.CCC(COC(=O)c1ccc(OC)cc1)(COC(=O)c1ccc(OC)cc1)COC(=O)c1cccc2ccccc12.CCCCCOC(=O)CC(C)(O)C(=O)OCCCCC.[HH].[HH].[HH].[HH]. The minimum Gasteiger partial charge on any atom is -0.497 e. The maximum Gasteiger partial charge on any atom is 0.352 e. The normalized spacial score (nSPS) is 12.2. The van der Waals surface area contributed by atoms with Gasteiger partial charge in [-0.15, -0.1) is 0 Å². The van der Waals surface area contributed by atoms with Crippen LogP contribution in [0.3, 0.4) is 0 Å². The Bertz CT molecular complexity index is 2460. The van der Waals surface area contributed by atoms with Gasteiger partial charge in [-0.05, 0) is 105 Å². The molecule has 18 heteroatoms. The van der Waals surface area contributed by atoms with E-state index in [1.54, 1.807) is 66.8 Å². The van der Waals surface area contributed by atoms with Crippen molar-refractivity contribution >= 4 is 52.6 Å². The number of carbonyl (C=O) groups excluding carboxylic acids is 7. The Morgan fingerprint density at radius 1 is 0.519 bits per heavy atom. The van der Waals surface area contributed by atoms with Gasteiger partial charge in [0.05, 0.1) is 69.0 Å². The molecule has 4 rings (SSSR count). The monoisotopic (exact) mass is 1080 g/mol. The highest BCUT2D eigenvalue weighted by Gasteiger charge is 2.37. The minimum atomic E-state index is -1.95. The van der Waals surface area contributed by atoms with Crippen LogP contribution >= 0.6 is 0 Å². The summed E-state index contributed by atoms with van der Waals surface area (Å²) in [6.07, 6.45) is 13.1. The summed E-state index contributed by atoms with van der Waals surface area (Å²) in [5, 5.41) is 21.2. The Balaban J connectivity index is -0.00000128. The second-order valence-electron chi connectivity index (χ2n) is 18.3. The van der Waals surface area contributed by atoms with Crippen molar-refractivity contribution in [3.8, 4) is 24.0 Å². The zero-order valence-electron chi connectivity index (χ0n) is 45.7. The van der Waals surface area contributed by atoms with Gasteiger partial charge in [-0.2, -0.15) is 0 Å². The molecule has 428 valence electrons. The lowest BCUT2D eigenvalue weighted by Gasteiger charge is -2.31. The molecule has 2 unspecified atom stereocenters. The summed E-state index contributed by atoms with van der Waals surface area (Å²) in [5.74, 6) is -3.47. The molecule has 0 amide bonds. The Kier molecular flexibility index (Phi) is 29.8. The molecule has 0 saturated heterocycles. The number of ether oxygens (including phenoxy) is 9. The zero-order valence-corrected chi connectivity index (χ0v) is 45.7. The van der Waals surface area contributed by atoms with Crippen molar-refractivity contribution in [2.75, 3.05) is 53.9 Å². The first-order chi connectivity index (χ1) is 36.7. The molecule has 0 aromatic heterocycles. The predicted octanol–water partition coefficient (Wildman–Crippen LogP) is 10.3. The first-order valence-electron chi connectivity index (χ1n) is 25.6. The van der Waals surface area contributed by atoms with Crippen LogP contribution in [0.1, 0.15) is 149 Å². The molecule has 77 heavy (non-hydrogen) atoms. The van der Waals surface area contributed by atoms with E-state index in [9.17, 15) is 43.8 Å². The van der Waals surface area contributed by atoms with Gasteiger partial charge in [0.1, 0.15) is 37.4 Å². The maximum atomic E-state index is 13.2. The summed E-state index contributed by atoms with van der Waals surface area (Å²) >= 11 is 0. The lowest BCUT2D eigenvalue weighted by atomic mass is 9.88. The van der Waals surface area contributed by atoms with Gasteiger partial charge in [-0.1, -0.05) is 103 Å². The first-order valence-corrected chi connectivity index (χ1v) is 25.6. The summed E-state index contributed by atoms with van der Waals surface area (Å²) in [6, 6.07) is 25.9. The van der Waals surface area contributed by atoms with Crippen LogP contribution in [0.2, 0.25) is 0 Å². The Hall–Kier alpha value is -7.49. The predicted molar refractivity (Wildman–Crippen MR) is 294 cm³/mol.